The predicted molar refractivity (Wildman–Crippen MR) is 51.6 cm³/mol. The lowest BCUT2D eigenvalue weighted by atomic mass is 10.2. The maximum Gasteiger partial charge on any atom is 0.446 e. The molecule has 1 aliphatic heterocycles. The van der Waals surface area contributed by atoms with Gasteiger partial charge in [0.15, 0.2) is 0 Å². The Kier molecular flexibility index (Phi) is 1.85. The highest BCUT2D eigenvalue weighted by atomic mass is 16.4. The van der Waals surface area contributed by atoms with Crippen LogP contribution in [0.5, 0.6) is 0 Å². The minimum absolute atomic E-state index is 0.0389. The van der Waals surface area contributed by atoms with E-state index in [1.54, 1.807) is 18.2 Å². The maximum atomic E-state index is 9.13. The van der Waals surface area contributed by atoms with Crippen LogP contribution in [0.4, 0.5) is 0 Å². The average Bonchev–Trinajstić information content (AvgIpc) is 2.17. The number of hydrogen-bond donors (Lipinski definition) is 1. The smallest absolute Gasteiger partial charge is 0.446 e. The monoisotopic (exact) mass is 178 g/mol. The zero-order valence-corrected chi connectivity index (χ0v) is 7.12. The van der Waals surface area contributed by atoms with Crippen molar-refractivity contribution in [2.75, 3.05) is 13.2 Å². The lowest BCUT2D eigenvalue weighted by Crippen LogP contribution is -2.30. The third-order valence-corrected chi connectivity index (χ3v) is 1.88. The van der Waals surface area contributed by atoms with Gasteiger partial charge in [-0.2, -0.15) is 0 Å². The fourth-order valence-electron chi connectivity index (χ4n) is 1.22. The summed E-state index contributed by atoms with van der Waals surface area (Å²) in [5, 5.41) is 9.13. The van der Waals surface area contributed by atoms with Gasteiger partial charge in [-0.1, -0.05) is 6.58 Å². The van der Waals surface area contributed by atoms with Gasteiger partial charge in [0.2, 0.25) is 0 Å². The summed E-state index contributed by atoms with van der Waals surface area (Å²) in [5.41, 5.74) is 2.04. The van der Waals surface area contributed by atoms with Crippen LogP contribution in [-0.4, -0.2) is 18.3 Å². The van der Waals surface area contributed by atoms with Crippen molar-refractivity contribution in [2.45, 2.75) is 0 Å². The van der Waals surface area contributed by atoms with Gasteiger partial charge in [0.1, 0.15) is 5.76 Å². The van der Waals surface area contributed by atoms with Crippen LogP contribution in [0.1, 0.15) is 5.56 Å². The fraction of sp³-hybridized carbons (Fsp3) is 0.200. The van der Waals surface area contributed by atoms with Gasteiger partial charge in [0.25, 0.3) is 0 Å². The third-order valence-electron chi connectivity index (χ3n) is 1.88. The van der Waals surface area contributed by atoms with E-state index < -0.39 is 0 Å². The SMILES string of the molecule is C=C(O)c1ccc2c(c1)=[O+]CC[O+]=2. The average molecular weight is 178 g/mol. The summed E-state index contributed by atoms with van der Waals surface area (Å²) in [7, 11) is 0. The van der Waals surface area contributed by atoms with Crippen molar-refractivity contribution in [3.63, 3.8) is 0 Å². The molecule has 66 valence electrons. The van der Waals surface area contributed by atoms with Crippen molar-refractivity contribution in [3.8, 4) is 0 Å². The molecular formula is C10H10O3+2. The molecular weight excluding hydrogens is 168 g/mol. The minimum atomic E-state index is 0.0389. The molecule has 0 unspecified atom stereocenters. The highest BCUT2D eigenvalue weighted by molar-refractivity contribution is 5.55. The first-order chi connectivity index (χ1) is 6.27. The number of hydrogen-bond acceptors (Lipinski definition) is 1. The Morgan fingerprint density at radius 3 is 2.62 bits per heavy atom. The molecule has 0 saturated carbocycles. The summed E-state index contributed by atoms with van der Waals surface area (Å²) in [6.45, 7) is 4.56. The van der Waals surface area contributed by atoms with Crippen LogP contribution in [0.2, 0.25) is 0 Å². The van der Waals surface area contributed by atoms with E-state index in [4.69, 9.17) is 14.0 Å². The summed E-state index contributed by atoms with van der Waals surface area (Å²) in [4.78, 5) is 0. The lowest BCUT2D eigenvalue weighted by molar-refractivity contribution is 0.513. The summed E-state index contributed by atoms with van der Waals surface area (Å²) in [6.07, 6.45) is 0. The molecule has 0 spiro atoms. The molecule has 3 heteroatoms. The van der Waals surface area contributed by atoms with Gasteiger partial charge in [-0.15, -0.1) is 0 Å². The molecule has 0 aromatic heterocycles. The van der Waals surface area contributed by atoms with Gasteiger partial charge in [-0.25, -0.2) is 8.85 Å². The lowest BCUT2D eigenvalue weighted by Gasteiger charge is -1.92. The van der Waals surface area contributed by atoms with Crippen LogP contribution in [0.25, 0.3) is 5.76 Å². The molecule has 13 heavy (non-hydrogen) atoms. The van der Waals surface area contributed by atoms with E-state index in [1.165, 1.54) is 0 Å². The molecule has 1 N–H and O–H groups in total. The van der Waals surface area contributed by atoms with E-state index in [2.05, 4.69) is 6.58 Å². The van der Waals surface area contributed by atoms with Crippen molar-refractivity contribution >= 4 is 5.76 Å². The number of benzene rings is 1. The molecule has 1 heterocycles. The van der Waals surface area contributed by atoms with Crippen LogP contribution >= 0.6 is 0 Å². The Morgan fingerprint density at radius 1 is 1.23 bits per heavy atom. The highest BCUT2D eigenvalue weighted by Crippen LogP contribution is 2.03. The van der Waals surface area contributed by atoms with Gasteiger partial charge in [-0.3, -0.25) is 0 Å². The van der Waals surface area contributed by atoms with Crippen molar-refractivity contribution in [1.82, 2.24) is 0 Å². The molecule has 0 fully saturated rings. The normalized spacial score (nSPS) is 13.8. The van der Waals surface area contributed by atoms with Gasteiger partial charge in [0.05, 0.1) is 12.1 Å². The Hall–Kier alpha value is -1.64. The van der Waals surface area contributed by atoms with Crippen molar-refractivity contribution in [2.24, 2.45) is 0 Å². The van der Waals surface area contributed by atoms with E-state index in [0.717, 1.165) is 5.43 Å². The van der Waals surface area contributed by atoms with Crippen LogP contribution in [0.3, 0.4) is 0 Å². The molecule has 0 radical (unpaired) electrons. The van der Waals surface area contributed by atoms with Gasteiger partial charge in [-0.05, 0) is 6.07 Å². The second kappa shape index (κ2) is 3.01. The van der Waals surface area contributed by atoms with E-state index >= 15 is 0 Å². The molecule has 0 amide bonds. The highest BCUT2D eigenvalue weighted by Gasteiger charge is 2.17. The molecule has 1 aromatic rings. The summed E-state index contributed by atoms with van der Waals surface area (Å²) >= 11 is 0. The van der Waals surface area contributed by atoms with E-state index in [-0.39, 0.29) is 5.76 Å². The summed E-state index contributed by atoms with van der Waals surface area (Å²) in [6, 6.07) is 5.23. The first-order valence-corrected chi connectivity index (χ1v) is 4.05. The Bertz CT molecular complexity index is 460. The first-order valence-electron chi connectivity index (χ1n) is 4.05. The molecule has 1 aliphatic rings. The Morgan fingerprint density at radius 2 is 1.92 bits per heavy atom. The first kappa shape index (κ1) is 7.98. The van der Waals surface area contributed by atoms with E-state index in [9.17, 15) is 0 Å². The Labute approximate surface area is 75.0 Å². The van der Waals surface area contributed by atoms with E-state index in [0.29, 0.717) is 24.2 Å². The number of aliphatic hydroxyl groups excluding tert-OH is 1. The predicted octanol–water partition coefficient (Wildman–Crippen LogP) is 0.458. The Balaban J connectivity index is 2.67. The largest absolute Gasteiger partial charge is 0.508 e. The number of aliphatic hydroxyl groups is 1. The second-order valence-electron chi connectivity index (χ2n) is 2.81. The number of fused-ring (bicyclic) bond motifs is 1. The molecule has 3 nitrogen and oxygen atoms in total. The molecule has 1 aromatic carbocycles. The second-order valence-corrected chi connectivity index (χ2v) is 2.81. The molecule has 0 atom stereocenters. The standard InChI is InChI=1S/C10H9O3/c1-7(11)8-2-3-9-10(6-8)13-5-4-12-9/h2-3,6H,1,4-5H2/q+1/p+1. The van der Waals surface area contributed by atoms with Crippen molar-refractivity contribution < 1.29 is 5.11 Å². The fourth-order valence-corrected chi connectivity index (χ4v) is 1.22. The van der Waals surface area contributed by atoms with Crippen LogP contribution in [0, 0.1) is 0 Å². The minimum Gasteiger partial charge on any atom is -0.508 e. The van der Waals surface area contributed by atoms with E-state index in [1.807, 2.05) is 0 Å². The molecule has 2 rings (SSSR count). The van der Waals surface area contributed by atoms with Gasteiger partial charge < -0.3 is 5.11 Å². The quantitative estimate of drug-likeness (QED) is 0.379. The van der Waals surface area contributed by atoms with Crippen LogP contribution in [0.15, 0.2) is 33.6 Å². The van der Waals surface area contributed by atoms with Crippen molar-refractivity contribution in [3.05, 3.63) is 50.0 Å². The summed E-state index contributed by atoms with van der Waals surface area (Å²) in [5.74, 6) is 0.0389. The van der Waals surface area contributed by atoms with Crippen LogP contribution in [-0.2, 0) is 0 Å². The van der Waals surface area contributed by atoms with Crippen molar-refractivity contribution in [1.29, 1.82) is 0 Å². The summed E-state index contributed by atoms with van der Waals surface area (Å²) < 4.78 is 10.7. The third kappa shape index (κ3) is 1.45. The zero-order chi connectivity index (χ0) is 9.26. The number of rotatable bonds is 1. The zero-order valence-electron chi connectivity index (χ0n) is 7.12. The van der Waals surface area contributed by atoms with Gasteiger partial charge in [0, 0.05) is 5.56 Å². The molecule has 0 bridgehead atoms. The maximum absolute atomic E-state index is 9.13. The van der Waals surface area contributed by atoms with Crippen LogP contribution < -0.4 is 10.9 Å². The topological polar surface area (TPSA) is 42.8 Å². The molecule has 0 saturated heterocycles. The molecule has 0 aliphatic carbocycles. The van der Waals surface area contributed by atoms with Gasteiger partial charge >= 0.3 is 24.1 Å².